The second-order valence-electron chi connectivity index (χ2n) is 6.76. The molecule has 170 valence electrons. The summed E-state index contributed by atoms with van der Waals surface area (Å²) in [4.78, 5) is 36.4. The number of rotatable bonds is 3. The van der Waals surface area contributed by atoms with Crippen LogP contribution in [0.1, 0.15) is 26.3 Å². The zero-order valence-corrected chi connectivity index (χ0v) is 15.9. The molecule has 0 radical (unpaired) electrons. The molecule has 0 unspecified atom stereocenters. The van der Waals surface area contributed by atoms with Gasteiger partial charge < -0.3 is 10.5 Å². The van der Waals surface area contributed by atoms with Gasteiger partial charge in [-0.3, -0.25) is 24.3 Å². The van der Waals surface area contributed by atoms with Crippen LogP contribution in [0.2, 0.25) is 0 Å². The molecule has 2 amide bonds. The number of nitrogen functional groups attached to an aromatic ring is 1. The van der Waals surface area contributed by atoms with Crippen molar-refractivity contribution in [1.29, 1.82) is 0 Å². The molecule has 13 heteroatoms. The van der Waals surface area contributed by atoms with E-state index >= 15 is 0 Å². The van der Waals surface area contributed by atoms with E-state index in [0.717, 1.165) is 18.2 Å². The number of fused-ring (bicyclic) bond motifs is 1. The van der Waals surface area contributed by atoms with Gasteiger partial charge in [-0.2, -0.15) is 13.2 Å². The van der Waals surface area contributed by atoms with E-state index in [9.17, 15) is 40.7 Å². The molecule has 1 aliphatic rings. The Morgan fingerprint density at radius 2 is 1.55 bits per heavy atom. The van der Waals surface area contributed by atoms with Gasteiger partial charge in [-0.25, -0.2) is 13.2 Å². The third-order valence-corrected chi connectivity index (χ3v) is 4.65. The molecular weight excluding hydrogens is 460 g/mol. The number of halogens is 6. The van der Waals surface area contributed by atoms with E-state index in [-0.39, 0.29) is 23.3 Å². The molecule has 1 aromatic heterocycles. The minimum absolute atomic E-state index is 0.0245. The Bertz CT molecular complexity index is 1390. The summed E-state index contributed by atoms with van der Waals surface area (Å²) in [6.45, 7) is 0. The largest absolute Gasteiger partial charge is 0.449 e. The highest BCUT2D eigenvalue weighted by molar-refractivity contribution is 6.23. The SMILES string of the molecule is Nc1c2c(cc(=O)n1-c1ccc(F)cc1Oc1c(F)cc(C(F)(F)F)cc1F)C(=O)NC2=O. The fourth-order valence-corrected chi connectivity index (χ4v) is 3.21. The van der Waals surface area contributed by atoms with Gasteiger partial charge in [0.25, 0.3) is 17.4 Å². The summed E-state index contributed by atoms with van der Waals surface area (Å²) in [6.07, 6.45) is -5.05. The number of alkyl halides is 3. The average molecular weight is 469 g/mol. The summed E-state index contributed by atoms with van der Waals surface area (Å²) in [5, 5.41) is 1.93. The van der Waals surface area contributed by atoms with E-state index in [1.54, 1.807) is 0 Å². The molecule has 33 heavy (non-hydrogen) atoms. The average Bonchev–Trinajstić information content (AvgIpc) is 2.98. The molecule has 0 atom stereocenters. The van der Waals surface area contributed by atoms with E-state index in [1.165, 1.54) is 0 Å². The number of imide groups is 1. The lowest BCUT2D eigenvalue weighted by molar-refractivity contribution is -0.138. The molecule has 2 aromatic carbocycles. The number of carbonyl (C=O) groups excluding carboxylic acids is 2. The van der Waals surface area contributed by atoms with E-state index in [2.05, 4.69) is 0 Å². The number of pyridine rings is 1. The van der Waals surface area contributed by atoms with Crippen LogP contribution >= 0.6 is 0 Å². The first-order chi connectivity index (χ1) is 15.4. The van der Waals surface area contributed by atoms with Gasteiger partial charge in [-0.15, -0.1) is 0 Å². The Labute approximate surface area is 179 Å². The van der Waals surface area contributed by atoms with E-state index in [4.69, 9.17) is 10.5 Å². The number of hydrogen-bond donors (Lipinski definition) is 2. The van der Waals surface area contributed by atoms with Crippen LogP contribution in [-0.2, 0) is 6.18 Å². The molecule has 0 saturated heterocycles. The number of benzene rings is 2. The third-order valence-electron chi connectivity index (χ3n) is 4.65. The molecule has 0 bridgehead atoms. The first kappa shape index (κ1) is 21.9. The summed E-state index contributed by atoms with van der Waals surface area (Å²) in [6, 6.07) is 3.05. The lowest BCUT2D eigenvalue weighted by atomic mass is 10.1. The molecule has 0 spiro atoms. The Morgan fingerprint density at radius 3 is 2.15 bits per heavy atom. The van der Waals surface area contributed by atoms with Crippen molar-refractivity contribution < 1.29 is 40.7 Å². The Morgan fingerprint density at radius 1 is 0.909 bits per heavy atom. The van der Waals surface area contributed by atoms with Gasteiger partial charge >= 0.3 is 6.18 Å². The minimum Gasteiger partial charge on any atom is -0.449 e. The summed E-state index contributed by atoms with van der Waals surface area (Å²) in [5.74, 6) is -8.90. The summed E-state index contributed by atoms with van der Waals surface area (Å²) in [5.41, 5.74) is 2.16. The molecule has 3 aromatic rings. The molecule has 2 heterocycles. The van der Waals surface area contributed by atoms with Crippen molar-refractivity contribution >= 4 is 17.6 Å². The molecule has 0 fully saturated rings. The van der Waals surface area contributed by atoms with Crippen molar-refractivity contribution in [2.45, 2.75) is 6.18 Å². The van der Waals surface area contributed by atoms with Gasteiger partial charge in [0.1, 0.15) is 11.6 Å². The zero-order chi connectivity index (χ0) is 24.2. The van der Waals surface area contributed by atoms with Gasteiger partial charge in [0, 0.05) is 12.1 Å². The second kappa shape index (κ2) is 7.39. The molecule has 4 rings (SSSR count). The minimum atomic E-state index is -5.05. The number of aromatic nitrogens is 1. The first-order valence-electron chi connectivity index (χ1n) is 8.83. The Kier molecular flexibility index (Phi) is 4.91. The quantitative estimate of drug-likeness (QED) is 0.451. The number of carbonyl (C=O) groups is 2. The van der Waals surface area contributed by atoms with Gasteiger partial charge in [0.15, 0.2) is 23.1 Å². The lowest BCUT2D eigenvalue weighted by Gasteiger charge is -2.17. The van der Waals surface area contributed by atoms with Crippen LogP contribution in [0, 0.1) is 17.5 Å². The topological polar surface area (TPSA) is 103 Å². The van der Waals surface area contributed by atoms with Gasteiger partial charge in [-0.1, -0.05) is 0 Å². The fourth-order valence-electron chi connectivity index (χ4n) is 3.21. The van der Waals surface area contributed by atoms with Crippen molar-refractivity contribution in [2.75, 3.05) is 5.73 Å². The number of amides is 2. The van der Waals surface area contributed by atoms with Crippen LogP contribution in [0.25, 0.3) is 5.69 Å². The van der Waals surface area contributed by atoms with Crippen LogP contribution in [0.3, 0.4) is 0 Å². The lowest BCUT2D eigenvalue weighted by Crippen LogP contribution is -2.24. The summed E-state index contributed by atoms with van der Waals surface area (Å²) >= 11 is 0. The maximum Gasteiger partial charge on any atom is 0.416 e. The molecule has 0 aliphatic carbocycles. The fraction of sp³-hybridized carbons (Fsp3) is 0.0500. The monoisotopic (exact) mass is 469 g/mol. The molecule has 3 N–H and O–H groups in total. The number of ether oxygens (including phenoxy) is 1. The van der Waals surface area contributed by atoms with Gasteiger partial charge in [0.05, 0.1) is 22.4 Å². The molecule has 1 aliphatic heterocycles. The van der Waals surface area contributed by atoms with E-state index in [1.807, 2.05) is 5.32 Å². The Hall–Kier alpha value is -4.29. The van der Waals surface area contributed by atoms with Crippen LogP contribution in [0.15, 0.2) is 41.2 Å². The van der Waals surface area contributed by atoms with Crippen LogP contribution in [0.4, 0.5) is 32.2 Å². The molecule has 0 saturated carbocycles. The molecule has 7 nitrogen and oxygen atoms in total. The number of anilines is 1. The number of nitrogens with two attached hydrogens (primary N) is 1. The molecular formula is C20H9F6N3O4. The second-order valence-corrected chi connectivity index (χ2v) is 6.76. The standard InChI is InChI=1S/C20H9F6N3O4/c21-8-1-2-12(29-14(30)6-9-15(17(29)27)19(32)28-18(9)31)13(5-8)33-16-10(22)3-7(4-11(16)23)20(24,25)26/h1-6H,27H2,(H,28,31,32). The van der Waals surface area contributed by atoms with E-state index < -0.39 is 69.6 Å². The van der Waals surface area contributed by atoms with Crippen molar-refractivity contribution in [2.24, 2.45) is 0 Å². The third kappa shape index (κ3) is 3.66. The van der Waals surface area contributed by atoms with Crippen molar-refractivity contribution in [3.8, 4) is 17.2 Å². The smallest absolute Gasteiger partial charge is 0.416 e. The first-order valence-corrected chi connectivity index (χ1v) is 8.83. The maximum atomic E-state index is 14.3. The van der Waals surface area contributed by atoms with Crippen LogP contribution < -0.4 is 21.3 Å². The Balaban J connectivity index is 1.89. The highest BCUT2D eigenvalue weighted by atomic mass is 19.4. The predicted octanol–water partition coefficient (Wildman–Crippen LogP) is 3.53. The van der Waals surface area contributed by atoms with Crippen LogP contribution in [-0.4, -0.2) is 16.4 Å². The summed E-state index contributed by atoms with van der Waals surface area (Å²) in [7, 11) is 0. The normalized spacial score (nSPS) is 13.2. The van der Waals surface area contributed by atoms with Gasteiger partial charge in [-0.05, 0) is 24.3 Å². The van der Waals surface area contributed by atoms with Crippen molar-refractivity contribution in [1.82, 2.24) is 9.88 Å². The zero-order valence-electron chi connectivity index (χ0n) is 15.9. The van der Waals surface area contributed by atoms with Gasteiger partial charge in [0.2, 0.25) is 0 Å². The van der Waals surface area contributed by atoms with E-state index in [0.29, 0.717) is 10.6 Å². The summed E-state index contributed by atoms with van der Waals surface area (Å²) < 4.78 is 86.3. The predicted molar refractivity (Wildman–Crippen MR) is 99.6 cm³/mol. The number of nitrogens with one attached hydrogen (secondary N) is 1. The van der Waals surface area contributed by atoms with Crippen molar-refractivity contribution in [3.05, 3.63) is 80.9 Å². The number of nitrogens with zero attached hydrogens (tertiary/aromatic N) is 1. The maximum absolute atomic E-state index is 14.3. The highest BCUT2D eigenvalue weighted by Crippen LogP contribution is 2.37. The van der Waals surface area contributed by atoms with Crippen LogP contribution in [0.5, 0.6) is 11.5 Å². The van der Waals surface area contributed by atoms with Crippen molar-refractivity contribution in [3.63, 3.8) is 0 Å². The number of hydrogen-bond acceptors (Lipinski definition) is 5. The highest BCUT2D eigenvalue weighted by Gasteiger charge is 2.34.